The first-order valence-corrected chi connectivity index (χ1v) is 7.01. The van der Waals surface area contributed by atoms with Crippen LogP contribution in [0.3, 0.4) is 0 Å². The van der Waals surface area contributed by atoms with E-state index in [-0.39, 0.29) is 23.9 Å². The van der Waals surface area contributed by atoms with Crippen LogP contribution in [0.25, 0.3) is 0 Å². The highest BCUT2D eigenvalue weighted by Gasteiger charge is 2.37. The quantitative estimate of drug-likeness (QED) is 0.580. The van der Waals surface area contributed by atoms with Gasteiger partial charge in [0.15, 0.2) is 5.78 Å². The Kier molecular flexibility index (Phi) is 3.16. The number of aryl methyl sites for hydroxylation is 1. The van der Waals surface area contributed by atoms with Crippen molar-refractivity contribution in [3.63, 3.8) is 0 Å². The lowest BCUT2D eigenvalue weighted by Crippen LogP contribution is -2.41. The number of hydrogen-bond acceptors (Lipinski definition) is 3. The van der Waals surface area contributed by atoms with Gasteiger partial charge in [0.1, 0.15) is 5.78 Å². The largest absolute Gasteiger partial charge is 0.324 e. The third-order valence-electron chi connectivity index (χ3n) is 4.15. The second-order valence-electron chi connectivity index (χ2n) is 5.68. The zero-order valence-electron chi connectivity index (χ0n) is 11.5. The molecule has 0 N–H and O–H groups in total. The first-order valence-electron chi connectivity index (χ1n) is 7.01. The maximum Gasteiger partial charge on any atom is 0.255 e. The molecule has 3 rings (SSSR count). The van der Waals surface area contributed by atoms with Crippen LogP contribution in [0.15, 0.2) is 18.2 Å². The number of ketones is 2. The van der Waals surface area contributed by atoms with Crippen LogP contribution in [0.1, 0.15) is 47.2 Å². The highest BCUT2D eigenvalue weighted by molar-refractivity contribution is 6.06. The van der Waals surface area contributed by atoms with E-state index in [1.807, 2.05) is 25.1 Å². The molecule has 0 spiro atoms. The molecule has 1 saturated carbocycles. The molecule has 1 aromatic rings. The molecular formula is C16H17NO3. The molecule has 0 unspecified atom stereocenters. The van der Waals surface area contributed by atoms with Gasteiger partial charge in [-0.3, -0.25) is 14.4 Å². The minimum Gasteiger partial charge on any atom is -0.324 e. The van der Waals surface area contributed by atoms with Crippen molar-refractivity contribution in [1.29, 1.82) is 0 Å². The summed E-state index contributed by atoms with van der Waals surface area (Å²) < 4.78 is 0. The maximum atomic E-state index is 12.4. The molecule has 1 atom stereocenters. The van der Waals surface area contributed by atoms with Gasteiger partial charge in [-0.05, 0) is 31.4 Å². The van der Waals surface area contributed by atoms with Crippen molar-refractivity contribution in [2.75, 3.05) is 0 Å². The Labute approximate surface area is 117 Å². The summed E-state index contributed by atoms with van der Waals surface area (Å²) >= 11 is 0. The minimum absolute atomic E-state index is 0.00231. The Balaban J connectivity index is 1.87. The third kappa shape index (κ3) is 2.15. The van der Waals surface area contributed by atoms with Crippen molar-refractivity contribution in [2.24, 2.45) is 0 Å². The van der Waals surface area contributed by atoms with Gasteiger partial charge in [0.25, 0.3) is 5.91 Å². The van der Waals surface area contributed by atoms with Crippen molar-refractivity contribution < 1.29 is 14.4 Å². The van der Waals surface area contributed by atoms with E-state index in [1.165, 1.54) is 0 Å². The fraction of sp³-hybridized carbons (Fsp3) is 0.438. The van der Waals surface area contributed by atoms with Crippen LogP contribution in [0.5, 0.6) is 0 Å². The predicted octanol–water partition coefficient (Wildman–Crippen LogP) is 2.03. The molecule has 1 aliphatic heterocycles. The second kappa shape index (κ2) is 4.85. The molecule has 4 heteroatoms. The van der Waals surface area contributed by atoms with Gasteiger partial charge in [0.05, 0.1) is 12.5 Å². The molecule has 1 aliphatic carbocycles. The van der Waals surface area contributed by atoms with Crippen molar-refractivity contribution >= 4 is 17.5 Å². The lowest BCUT2D eigenvalue weighted by molar-refractivity contribution is -0.128. The summed E-state index contributed by atoms with van der Waals surface area (Å²) in [6.07, 6.45) is 1.72. The molecule has 1 heterocycles. The molecule has 1 aromatic carbocycles. The Hall–Kier alpha value is -1.97. The fourth-order valence-electron chi connectivity index (χ4n) is 3.11. The number of Topliss-reactive ketones (excluding diaryl/α,β-unsaturated/α-hetero) is 2. The monoisotopic (exact) mass is 271 g/mol. The molecule has 4 nitrogen and oxygen atoms in total. The first kappa shape index (κ1) is 13.0. The Morgan fingerprint density at radius 3 is 2.80 bits per heavy atom. The van der Waals surface area contributed by atoms with Gasteiger partial charge in [-0.2, -0.15) is 0 Å². The van der Waals surface area contributed by atoms with E-state index >= 15 is 0 Å². The van der Waals surface area contributed by atoms with Crippen molar-refractivity contribution in [2.45, 2.75) is 45.2 Å². The number of benzene rings is 1. The smallest absolute Gasteiger partial charge is 0.255 e. The zero-order valence-corrected chi connectivity index (χ0v) is 11.5. The molecule has 1 fully saturated rings. The van der Waals surface area contributed by atoms with Gasteiger partial charge in [-0.25, -0.2) is 0 Å². The Bertz CT molecular complexity index is 606. The van der Waals surface area contributed by atoms with Crippen LogP contribution in [-0.4, -0.2) is 28.4 Å². The van der Waals surface area contributed by atoms with Crippen molar-refractivity contribution in [3.05, 3.63) is 34.9 Å². The molecule has 0 saturated heterocycles. The van der Waals surface area contributed by atoms with E-state index < -0.39 is 6.04 Å². The molecule has 1 amide bonds. The van der Waals surface area contributed by atoms with Crippen LogP contribution < -0.4 is 0 Å². The predicted molar refractivity (Wildman–Crippen MR) is 73.3 cm³/mol. The summed E-state index contributed by atoms with van der Waals surface area (Å²) in [5.74, 6) is -0.185. The third-order valence-corrected chi connectivity index (χ3v) is 4.15. The first-order chi connectivity index (χ1) is 9.56. The fourth-order valence-corrected chi connectivity index (χ4v) is 3.11. The van der Waals surface area contributed by atoms with E-state index in [1.54, 1.807) is 4.90 Å². The van der Waals surface area contributed by atoms with Gasteiger partial charge in [0.2, 0.25) is 0 Å². The summed E-state index contributed by atoms with van der Waals surface area (Å²) in [5.41, 5.74) is 2.79. The van der Waals surface area contributed by atoms with E-state index in [4.69, 9.17) is 0 Å². The minimum atomic E-state index is -0.429. The van der Waals surface area contributed by atoms with E-state index in [0.717, 1.165) is 11.1 Å². The molecule has 2 aliphatic rings. The van der Waals surface area contributed by atoms with Crippen LogP contribution in [-0.2, 0) is 16.1 Å². The van der Waals surface area contributed by atoms with Crippen LogP contribution in [0.2, 0.25) is 0 Å². The summed E-state index contributed by atoms with van der Waals surface area (Å²) in [4.78, 5) is 37.7. The lowest BCUT2D eigenvalue weighted by atomic mass is 10.1. The number of amides is 1. The van der Waals surface area contributed by atoms with Crippen molar-refractivity contribution in [1.82, 2.24) is 4.90 Å². The van der Waals surface area contributed by atoms with Gasteiger partial charge in [-0.1, -0.05) is 17.7 Å². The topological polar surface area (TPSA) is 54.5 Å². The molecule has 0 radical (unpaired) electrons. The second-order valence-corrected chi connectivity index (χ2v) is 5.68. The van der Waals surface area contributed by atoms with E-state index in [0.29, 0.717) is 31.4 Å². The van der Waals surface area contributed by atoms with Crippen molar-refractivity contribution in [3.8, 4) is 0 Å². The average molecular weight is 271 g/mol. The standard InChI is InChI=1S/C16H17NO3/c1-10-5-6-13-11(7-10)9-17(16(13)20)14-4-2-3-12(18)8-15(14)19/h5-7,14H,2-4,8-9H2,1H3/t14-/m0/s1. The van der Waals surface area contributed by atoms with Gasteiger partial charge >= 0.3 is 0 Å². The Morgan fingerprint density at radius 1 is 1.20 bits per heavy atom. The zero-order chi connectivity index (χ0) is 14.3. The maximum absolute atomic E-state index is 12.4. The highest BCUT2D eigenvalue weighted by Crippen LogP contribution is 2.29. The summed E-state index contributed by atoms with van der Waals surface area (Å²) in [6.45, 7) is 2.48. The summed E-state index contributed by atoms with van der Waals surface area (Å²) in [5, 5.41) is 0. The van der Waals surface area contributed by atoms with Gasteiger partial charge in [0, 0.05) is 18.5 Å². The van der Waals surface area contributed by atoms with E-state index in [2.05, 4.69) is 0 Å². The number of rotatable bonds is 1. The number of fused-ring (bicyclic) bond motifs is 1. The number of nitrogens with zero attached hydrogens (tertiary/aromatic N) is 1. The van der Waals surface area contributed by atoms with E-state index in [9.17, 15) is 14.4 Å². The molecule has 20 heavy (non-hydrogen) atoms. The SMILES string of the molecule is Cc1ccc2c(c1)CN([C@H]1CCCC(=O)CC1=O)C2=O. The van der Waals surface area contributed by atoms with Crippen LogP contribution >= 0.6 is 0 Å². The highest BCUT2D eigenvalue weighted by atomic mass is 16.2. The lowest BCUT2D eigenvalue weighted by Gasteiger charge is -2.25. The summed E-state index contributed by atoms with van der Waals surface area (Å²) in [6, 6.07) is 5.32. The summed E-state index contributed by atoms with van der Waals surface area (Å²) in [7, 11) is 0. The average Bonchev–Trinajstić information content (AvgIpc) is 2.60. The Morgan fingerprint density at radius 2 is 2.00 bits per heavy atom. The number of hydrogen-bond donors (Lipinski definition) is 0. The normalized spacial score (nSPS) is 22.9. The molecular weight excluding hydrogens is 254 g/mol. The van der Waals surface area contributed by atoms with Gasteiger partial charge < -0.3 is 4.90 Å². The number of carbonyl (C=O) groups is 3. The molecule has 0 aromatic heterocycles. The van der Waals surface area contributed by atoms with Crippen LogP contribution in [0.4, 0.5) is 0 Å². The molecule has 0 bridgehead atoms. The van der Waals surface area contributed by atoms with Gasteiger partial charge in [-0.15, -0.1) is 0 Å². The molecule has 104 valence electrons. The number of carbonyl (C=O) groups excluding carboxylic acids is 3. The van der Waals surface area contributed by atoms with Crippen LogP contribution in [0, 0.1) is 6.92 Å².